The van der Waals surface area contributed by atoms with Crippen molar-refractivity contribution in [2.45, 2.75) is 113 Å². The van der Waals surface area contributed by atoms with Crippen LogP contribution in [0.3, 0.4) is 0 Å². The van der Waals surface area contributed by atoms with Crippen molar-refractivity contribution in [1.82, 2.24) is 25.2 Å². The molecule has 53 heavy (non-hydrogen) atoms. The SMILES string of the molecule is C=CCC1(S(=O)(=O)NC(=O)C2(NC(=O)C3CC(Oc4ccnc5cc(Cl)ccc45)CN3C(=O)C(NC(=O)OC3CCCC3)C(C)(C)C)CC2C=C)CC1. The average Bonchev–Trinajstić information content (AvgIpc) is 3.91. The van der Waals surface area contributed by atoms with Crippen molar-refractivity contribution in [3.8, 4) is 5.75 Å². The normalized spacial score (nSPS) is 25.6. The summed E-state index contributed by atoms with van der Waals surface area (Å²) < 4.78 is 39.8. The number of benzene rings is 1. The van der Waals surface area contributed by atoms with Crippen LogP contribution >= 0.6 is 11.6 Å². The minimum absolute atomic E-state index is 0.0250. The Balaban J connectivity index is 1.27. The quantitative estimate of drug-likeness (QED) is 0.239. The highest BCUT2D eigenvalue weighted by molar-refractivity contribution is 7.91. The summed E-state index contributed by atoms with van der Waals surface area (Å²) in [5.41, 5.74) is -1.78. The van der Waals surface area contributed by atoms with Gasteiger partial charge in [0.1, 0.15) is 35.6 Å². The number of nitrogens with one attached hydrogen (secondary N) is 3. The number of rotatable bonds is 13. The Labute approximate surface area is 315 Å². The van der Waals surface area contributed by atoms with Crippen LogP contribution in [-0.2, 0) is 29.1 Å². The van der Waals surface area contributed by atoms with Crippen LogP contribution in [0.4, 0.5) is 4.79 Å². The summed E-state index contributed by atoms with van der Waals surface area (Å²) in [4.78, 5) is 61.5. The Morgan fingerprint density at radius 3 is 2.45 bits per heavy atom. The lowest BCUT2D eigenvalue weighted by molar-refractivity contribution is -0.143. The van der Waals surface area contributed by atoms with Crippen LogP contribution in [0.25, 0.3) is 10.9 Å². The first-order valence-corrected chi connectivity index (χ1v) is 20.0. The number of fused-ring (bicyclic) bond motifs is 1. The second-order valence-electron chi connectivity index (χ2n) is 15.8. The molecule has 5 unspecified atom stereocenters. The number of nitrogens with zero attached hydrogens (tertiary/aromatic N) is 2. The molecule has 2 aromatic rings. The molecule has 1 aromatic heterocycles. The van der Waals surface area contributed by atoms with Crippen LogP contribution < -0.4 is 20.1 Å². The number of allylic oxidation sites excluding steroid dienone is 1. The molecule has 5 atom stereocenters. The highest BCUT2D eigenvalue weighted by Gasteiger charge is 2.63. The van der Waals surface area contributed by atoms with Crippen molar-refractivity contribution < 1.29 is 37.1 Å². The minimum Gasteiger partial charge on any atom is -0.488 e. The molecule has 1 saturated heterocycles. The molecule has 3 N–H and O–H groups in total. The number of pyridine rings is 1. The van der Waals surface area contributed by atoms with E-state index in [1.54, 1.807) is 51.2 Å². The molecule has 4 aliphatic rings. The van der Waals surface area contributed by atoms with Crippen molar-refractivity contribution in [2.24, 2.45) is 11.3 Å². The van der Waals surface area contributed by atoms with Gasteiger partial charge >= 0.3 is 6.09 Å². The summed E-state index contributed by atoms with van der Waals surface area (Å²) in [7, 11) is -4.08. The van der Waals surface area contributed by atoms with E-state index in [9.17, 15) is 27.6 Å². The van der Waals surface area contributed by atoms with Gasteiger partial charge in [0, 0.05) is 28.9 Å². The number of sulfonamides is 1. The maximum Gasteiger partial charge on any atom is 0.408 e. The van der Waals surface area contributed by atoms with Gasteiger partial charge in [-0.05, 0) is 81.0 Å². The molecular weight excluding hydrogens is 722 g/mol. The highest BCUT2D eigenvalue weighted by atomic mass is 35.5. The molecule has 15 heteroatoms. The largest absolute Gasteiger partial charge is 0.488 e. The van der Waals surface area contributed by atoms with E-state index in [4.69, 9.17) is 21.1 Å². The van der Waals surface area contributed by atoms with Gasteiger partial charge in [0.15, 0.2) is 0 Å². The minimum atomic E-state index is -4.08. The lowest BCUT2D eigenvalue weighted by Crippen LogP contribution is -2.60. The van der Waals surface area contributed by atoms with Gasteiger partial charge in [0.25, 0.3) is 5.91 Å². The molecule has 6 rings (SSSR count). The summed E-state index contributed by atoms with van der Waals surface area (Å²) in [6.45, 7) is 12.8. The van der Waals surface area contributed by atoms with Gasteiger partial charge in [-0.2, -0.15) is 0 Å². The van der Waals surface area contributed by atoms with Gasteiger partial charge in [0.2, 0.25) is 21.8 Å². The molecule has 13 nitrogen and oxygen atoms in total. The standard InChI is InChI=1S/C38H48ClN5O8S/c1-6-15-37(16-17-37)53(49,50)43-34(47)38(21-23(38)7-2)42-32(45)29-20-26(51-30-14-18-40-28-19-24(39)12-13-27(28)30)22-44(29)33(46)31(36(3,4)5)41-35(48)52-25-10-8-9-11-25/h6-7,12-14,18-19,23,25-26,29,31H,1-2,8-11,15-17,20-22H2,3-5H3,(H,41,48)(H,42,45)(H,43,47). The van der Waals surface area contributed by atoms with Crippen molar-refractivity contribution >= 4 is 56.3 Å². The molecule has 4 amide bonds. The topological polar surface area (TPSA) is 173 Å². The van der Waals surface area contributed by atoms with Crippen molar-refractivity contribution in [3.05, 3.63) is 60.8 Å². The van der Waals surface area contributed by atoms with E-state index >= 15 is 0 Å². The summed E-state index contributed by atoms with van der Waals surface area (Å²) in [6, 6.07) is 4.65. The summed E-state index contributed by atoms with van der Waals surface area (Å²) in [6.07, 6.45) is 7.53. The maximum atomic E-state index is 14.5. The Bertz CT molecular complexity index is 1920. The van der Waals surface area contributed by atoms with Crippen LogP contribution in [0.15, 0.2) is 55.8 Å². The Hall–Kier alpha value is -4.17. The van der Waals surface area contributed by atoms with Gasteiger partial charge in [0.05, 0.1) is 16.8 Å². The van der Waals surface area contributed by atoms with E-state index in [-0.39, 0.29) is 31.9 Å². The Morgan fingerprint density at radius 1 is 1.11 bits per heavy atom. The third-order valence-corrected chi connectivity index (χ3v) is 13.3. The van der Waals surface area contributed by atoms with E-state index in [0.29, 0.717) is 34.5 Å². The summed E-state index contributed by atoms with van der Waals surface area (Å²) in [5.74, 6) is -2.13. The van der Waals surface area contributed by atoms with Crippen molar-refractivity contribution in [2.75, 3.05) is 6.54 Å². The Kier molecular flexibility index (Phi) is 10.6. The second-order valence-corrected chi connectivity index (χ2v) is 18.3. The van der Waals surface area contributed by atoms with E-state index < -0.39 is 73.6 Å². The van der Waals surface area contributed by atoms with Gasteiger partial charge in [-0.15, -0.1) is 13.2 Å². The zero-order chi connectivity index (χ0) is 38.3. The van der Waals surface area contributed by atoms with Crippen LogP contribution in [0, 0.1) is 11.3 Å². The van der Waals surface area contributed by atoms with Gasteiger partial charge in [-0.1, -0.05) is 44.5 Å². The van der Waals surface area contributed by atoms with Crippen molar-refractivity contribution in [3.63, 3.8) is 0 Å². The fourth-order valence-electron chi connectivity index (χ4n) is 7.52. The maximum absolute atomic E-state index is 14.5. The van der Waals surface area contributed by atoms with Crippen LogP contribution in [-0.4, -0.2) is 83.2 Å². The number of hydrogen-bond donors (Lipinski definition) is 3. The number of carbonyl (C=O) groups is 4. The lowest BCUT2D eigenvalue weighted by atomic mass is 9.85. The first kappa shape index (κ1) is 38.6. The predicted octanol–water partition coefficient (Wildman–Crippen LogP) is 4.94. The third kappa shape index (κ3) is 7.89. The first-order chi connectivity index (χ1) is 25.0. The van der Waals surface area contributed by atoms with Crippen molar-refractivity contribution in [1.29, 1.82) is 0 Å². The number of carbonyl (C=O) groups excluding carboxylic acids is 4. The zero-order valence-corrected chi connectivity index (χ0v) is 31.9. The van der Waals surface area contributed by atoms with Crippen LogP contribution in [0.5, 0.6) is 5.75 Å². The molecule has 1 aliphatic heterocycles. The third-order valence-electron chi connectivity index (χ3n) is 10.9. The molecule has 0 bridgehead atoms. The van der Waals surface area contributed by atoms with E-state index in [1.807, 2.05) is 0 Å². The summed E-state index contributed by atoms with van der Waals surface area (Å²) >= 11 is 6.19. The molecular formula is C38H48ClN5O8S. The van der Waals surface area contributed by atoms with Gasteiger partial charge < -0.3 is 25.0 Å². The molecule has 0 spiro atoms. The fraction of sp³-hybridized carbons (Fsp3) is 0.553. The second kappa shape index (κ2) is 14.6. The number of likely N-dealkylation sites (tertiary alicyclic amines) is 1. The van der Waals surface area contributed by atoms with Gasteiger partial charge in [-0.3, -0.25) is 24.1 Å². The van der Waals surface area contributed by atoms with Crippen LogP contribution in [0.1, 0.15) is 78.6 Å². The molecule has 2 heterocycles. The molecule has 3 aliphatic carbocycles. The smallest absolute Gasteiger partial charge is 0.408 e. The number of aromatic nitrogens is 1. The molecule has 3 saturated carbocycles. The van der Waals surface area contributed by atoms with E-state index in [0.717, 1.165) is 25.7 Å². The molecule has 286 valence electrons. The number of ether oxygens (including phenoxy) is 2. The average molecular weight is 770 g/mol. The number of halogens is 1. The molecule has 4 fully saturated rings. The molecule has 1 aromatic carbocycles. The van der Waals surface area contributed by atoms with E-state index in [1.165, 1.54) is 17.1 Å². The molecule has 0 radical (unpaired) electrons. The fourth-order valence-corrected chi connectivity index (χ4v) is 9.31. The Morgan fingerprint density at radius 2 is 1.83 bits per heavy atom. The zero-order valence-electron chi connectivity index (χ0n) is 30.4. The number of hydrogen-bond acceptors (Lipinski definition) is 9. The van der Waals surface area contributed by atoms with Crippen LogP contribution in [0.2, 0.25) is 5.02 Å². The number of alkyl carbamates (subject to hydrolysis) is 1. The highest BCUT2D eigenvalue weighted by Crippen LogP contribution is 2.49. The lowest BCUT2D eigenvalue weighted by Gasteiger charge is -2.35. The monoisotopic (exact) mass is 769 g/mol. The van der Waals surface area contributed by atoms with Gasteiger partial charge in [-0.25, -0.2) is 13.2 Å². The first-order valence-electron chi connectivity index (χ1n) is 18.1. The predicted molar refractivity (Wildman–Crippen MR) is 199 cm³/mol. The number of amides is 4. The summed E-state index contributed by atoms with van der Waals surface area (Å²) in [5, 5.41) is 6.76. The van der Waals surface area contributed by atoms with E-state index in [2.05, 4.69) is 33.5 Å².